The van der Waals surface area contributed by atoms with Gasteiger partial charge in [-0.2, -0.15) is 0 Å². The number of nitrogens with two attached hydrogens (primary N) is 1. The van der Waals surface area contributed by atoms with Crippen LogP contribution in [0.1, 0.15) is 24.5 Å². The molecular weight excluding hydrogens is 359 g/mol. The molecule has 2 aromatic carbocycles. The van der Waals surface area contributed by atoms with Crippen LogP contribution >= 0.6 is 24.0 Å². The van der Waals surface area contributed by atoms with Crippen LogP contribution < -0.4 is 15.4 Å². The summed E-state index contributed by atoms with van der Waals surface area (Å²) in [7, 11) is 0. The molecule has 0 spiro atoms. The van der Waals surface area contributed by atoms with Gasteiger partial charge in [0.15, 0.2) is 6.10 Å². The van der Waals surface area contributed by atoms with Crippen molar-refractivity contribution in [3.05, 3.63) is 52.5 Å². The first-order valence-corrected chi connectivity index (χ1v) is 8.46. The Bertz CT molecular complexity index is 780. The Morgan fingerprint density at radius 2 is 2.08 bits per heavy atom. The number of carbonyl (C=O) groups is 1. The molecule has 1 aliphatic rings. The van der Waals surface area contributed by atoms with Gasteiger partial charge in [-0.05, 0) is 68.1 Å². The predicted molar refractivity (Wildman–Crippen MR) is 105 cm³/mol. The SMILES string of the molecule is Cc1cc(OC(C)C(=O)N2CCCc3c(N)cccc32)ccc1Cl.Cl. The van der Waals surface area contributed by atoms with E-state index >= 15 is 0 Å². The van der Waals surface area contributed by atoms with Crippen LogP contribution in [0.2, 0.25) is 5.02 Å². The second-order valence-corrected chi connectivity index (χ2v) is 6.52. The molecule has 3 rings (SSSR count). The number of hydrogen-bond donors (Lipinski definition) is 1. The number of halogens is 2. The summed E-state index contributed by atoms with van der Waals surface area (Å²) in [5.41, 5.74) is 9.66. The zero-order chi connectivity index (χ0) is 17.3. The molecule has 1 unspecified atom stereocenters. The maximum absolute atomic E-state index is 12.9. The summed E-state index contributed by atoms with van der Waals surface area (Å²) in [6.07, 6.45) is 1.22. The van der Waals surface area contributed by atoms with Crippen molar-refractivity contribution in [1.82, 2.24) is 0 Å². The summed E-state index contributed by atoms with van der Waals surface area (Å²) in [4.78, 5) is 14.6. The molecule has 25 heavy (non-hydrogen) atoms. The fraction of sp³-hybridized carbons (Fsp3) is 0.316. The zero-order valence-corrected chi connectivity index (χ0v) is 15.9. The van der Waals surface area contributed by atoms with Gasteiger partial charge < -0.3 is 15.4 Å². The van der Waals surface area contributed by atoms with Crippen LogP contribution in [0.3, 0.4) is 0 Å². The average molecular weight is 381 g/mol. The molecule has 0 aromatic heterocycles. The molecule has 134 valence electrons. The Balaban J connectivity index is 0.00000225. The number of amides is 1. The number of rotatable bonds is 3. The van der Waals surface area contributed by atoms with Gasteiger partial charge in [-0.3, -0.25) is 4.79 Å². The number of anilines is 2. The summed E-state index contributed by atoms with van der Waals surface area (Å²) in [5, 5.41) is 0.682. The van der Waals surface area contributed by atoms with Crippen LogP contribution in [0, 0.1) is 6.92 Å². The highest BCUT2D eigenvalue weighted by Gasteiger charge is 2.28. The monoisotopic (exact) mass is 380 g/mol. The molecule has 0 saturated carbocycles. The molecule has 0 radical (unpaired) electrons. The molecular formula is C19H22Cl2N2O2. The van der Waals surface area contributed by atoms with Crippen molar-refractivity contribution in [2.75, 3.05) is 17.2 Å². The van der Waals surface area contributed by atoms with Gasteiger partial charge in [-0.1, -0.05) is 17.7 Å². The number of carbonyl (C=O) groups excluding carboxylic acids is 1. The van der Waals surface area contributed by atoms with Gasteiger partial charge >= 0.3 is 0 Å². The van der Waals surface area contributed by atoms with Crippen LogP contribution in [0.5, 0.6) is 5.75 Å². The lowest BCUT2D eigenvalue weighted by Crippen LogP contribution is -2.43. The van der Waals surface area contributed by atoms with Crippen molar-refractivity contribution in [3.63, 3.8) is 0 Å². The predicted octanol–water partition coefficient (Wildman–Crippen LogP) is 4.40. The van der Waals surface area contributed by atoms with Crippen LogP contribution in [0.15, 0.2) is 36.4 Å². The summed E-state index contributed by atoms with van der Waals surface area (Å²) in [6, 6.07) is 11.1. The molecule has 2 aromatic rings. The van der Waals surface area contributed by atoms with Crippen LogP contribution in [0.25, 0.3) is 0 Å². The largest absolute Gasteiger partial charge is 0.481 e. The van der Waals surface area contributed by atoms with E-state index in [0.29, 0.717) is 17.3 Å². The summed E-state index contributed by atoms with van der Waals surface area (Å²) in [6.45, 7) is 4.36. The van der Waals surface area contributed by atoms with Gasteiger partial charge in [-0.15, -0.1) is 12.4 Å². The van der Waals surface area contributed by atoms with E-state index in [-0.39, 0.29) is 18.3 Å². The van der Waals surface area contributed by atoms with Gasteiger partial charge in [0, 0.05) is 22.9 Å². The number of aryl methyl sites for hydroxylation is 1. The zero-order valence-electron chi connectivity index (χ0n) is 14.3. The fourth-order valence-corrected chi connectivity index (χ4v) is 3.16. The van der Waals surface area contributed by atoms with Crippen LogP contribution in [-0.4, -0.2) is 18.6 Å². The van der Waals surface area contributed by atoms with Crippen molar-refractivity contribution < 1.29 is 9.53 Å². The Morgan fingerprint density at radius 3 is 2.80 bits per heavy atom. The van der Waals surface area contributed by atoms with Crippen molar-refractivity contribution in [2.45, 2.75) is 32.8 Å². The third kappa shape index (κ3) is 4.02. The topological polar surface area (TPSA) is 55.6 Å². The van der Waals surface area contributed by atoms with E-state index in [9.17, 15) is 4.79 Å². The van der Waals surface area contributed by atoms with Crippen molar-refractivity contribution in [3.8, 4) is 5.75 Å². The molecule has 4 nitrogen and oxygen atoms in total. The Hall–Kier alpha value is -1.91. The van der Waals surface area contributed by atoms with Gasteiger partial charge in [-0.25, -0.2) is 0 Å². The smallest absolute Gasteiger partial charge is 0.267 e. The third-order valence-electron chi connectivity index (χ3n) is 4.34. The van der Waals surface area contributed by atoms with Crippen molar-refractivity contribution in [2.24, 2.45) is 0 Å². The lowest BCUT2D eigenvalue weighted by molar-refractivity contribution is -0.124. The first kappa shape index (κ1) is 19.4. The fourth-order valence-electron chi connectivity index (χ4n) is 3.05. The Labute approximate surface area is 159 Å². The van der Waals surface area contributed by atoms with E-state index in [4.69, 9.17) is 22.1 Å². The van der Waals surface area contributed by atoms with E-state index in [2.05, 4.69) is 0 Å². The van der Waals surface area contributed by atoms with Gasteiger partial charge in [0.2, 0.25) is 0 Å². The van der Waals surface area contributed by atoms with Crippen molar-refractivity contribution in [1.29, 1.82) is 0 Å². The molecule has 1 atom stereocenters. The average Bonchev–Trinajstić information content (AvgIpc) is 2.57. The highest BCUT2D eigenvalue weighted by molar-refractivity contribution is 6.31. The third-order valence-corrected chi connectivity index (χ3v) is 4.77. The number of ether oxygens (including phenoxy) is 1. The Morgan fingerprint density at radius 1 is 1.32 bits per heavy atom. The van der Waals surface area contributed by atoms with Gasteiger partial charge in [0.05, 0.1) is 0 Å². The maximum atomic E-state index is 12.9. The van der Waals surface area contributed by atoms with E-state index in [1.165, 1.54) is 0 Å². The summed E-state index contributed by atoms with van der Waals surface area (Å²) >= 11 is 6.03. The number of benzene rings is 2. The van der Waals surface area contributed by atoms with E-state index in [1.807, 2.05) is 31.2 Å². The molecule has 1 amide bonds. The van der Waals surface area contributed by atoms with Crippen LogP contribution in [-0.2, 0) is 11.2 Å². The second kappa shape index (κ2) is 7.98. The van der Waals surface area contributed by atoms with Crippen molar-refractivity contribution >= 4 is 41.3 Å². The normalized spacial score (nSPS) is 14.3. The minimum Gasteiger partial charge on any atom is -0.481 e. The molecule has 1 aliphatic heterocycles. The molecule has 0 fully saturated rings. The second-order valence-electron chi connectivity index (χ2n) is 6.11. The first-order valence-electron chi connectivity index (χ1n) is 8.09. The number of nitrogens with zero attached hydrogens (tertiary/aromatic N) is 1. The molecule has 0 saturated heterocycles. The van der Waals surface area contributed by atoms with Crippen LogP contribution in [0.4, 0.5) is 11.4 Å². The minimum atomic E-state index is -0.585. The highest BCUT2D eigenvalue weighted by atomic mass is 35.5. The summed E-state index contributed by atoms with van der Waals surface area (Å²) in [5.74, 6) is 0.580. The van der Waals surface area contributed by atoms with E-state index in [1.54, 1.807) is 24.0 Å². The maximum Gasteiger partial charge on any atom is 0.267 e. The van der Waals surface area contributed by atoms with E-state index in [0.717, 1.165) is 35.3 Å². The standard InChI is InChI=1S/C19H21ClN2O2.ClH/c1-12-11-14(8-9-16(12)20)24-13(2)19(23)22-10-4-5-15-17(21)6-3-7-18(15)22;/h3,6-9,11,13H,4-5,10,21H2,1-2H3;1H. The molecule has 0 bridgehead atoms. The quantitative estimate of drug-likeness (QED) is 0.802. The highest BCUT2D eigenvalue weighted by Crippen LogP contribution is 2.32. The van der Waals surface area contributed by atoms with Gasteiger partial charge in [0.25, 0.3) is 5.91 Å². The number of hydrogen-bond acceptors (Lipinski definition) is 3. The lowest BCUT2D eigenvalue weighted by atomic mass is 9.99. The minimum absolute atomic E-state index is 0. The number of fused-ring (bicyclic) bond motifs is 1. The summed E-state index contributed by atoms with van der Waals surface area (Å²) < 4.78 is 5.83. The molecule has 0 aliphatic carbocycles. The lowest BCUT2D eigenvalue weighted by Gasteiger charge is -2.32. The first-order chi connectivity index (χ1) is 11.5. The van der Waals surface area contributed by atoms with Gasteiger partial charge in [0.1, 0.15) is 5.75 Å². The molecule has 2 N–H and O–H groups in total. The molecule has 6 heteroatoms. The number of nitrogen functional groups attached to an aromatic ring is 1. The Kier molecular flexibility index (Phi) is 6.20. The molecule has 1 heterocycles. The van der Waals surface area contributed by atoms with E-state index < -0.39 is 6.10 Å².